The Morgan fingerprint density at radius 1 is 0.852 bits per heavy atom. The number of fused-ring (bicyclic) bond motifs is 1. The highest BCUT2D eigenvalue weighted by atomic mass is 35.5. The lowest BCUT2D eigenvalue weighted by Crippen LogP contribution is -3.00. The molecule has 0 aliphatic rings. The van der Waals surface area contributed by atoms with Crippen molar-refractivity contribution in [2.75, 3.05) is 5.32 Å². The first-order valence-corrected chi connectivity index (χ1v) is 8.85. The Morgan fingerprint density at radius 3 is 2.33 bits per heavy atom. The van der Waals surface area contributed by atoms with Crippen LogP contribution in [0.5, 0.6) is 0 Å². The van der Waals surface area contributed by atoms with Crippen molar-refractivity contribution >= 4 is 34.0 Å². The zero-order valence-corrected chi connectivity index (χ0v) is 16.5. The number of para-hydroxylation sites is 1. The van der Waals surface area contributed by atoms with Crippen molar-refractivity contribution in [3.63, 3.8) is 0 Å². The van der Waals surface area contributed by atoms with Gasteiger partial charge in [0, 0.05) is 21.7 Å². The van der Waals surface area contributed by atoms with E-state index in [0.29, 0.717) is 10.8 Å². The maximum absolute atomic E-state index is 6.01. The van der Waals surface area contributed by atoms with Crippen LogP contribution in [-0.2, 0) is 0 Å². The minimum atomic E-state index is 0. The second kappa shape index (κ2) is 7.95. The monoisotopic (exact) mass is 394 g/mol. The summed E-state index contributed by atoms with van der Waals surface area (Å²) in [4.78, 5) is 9.51. The van der Waals surface area contributed by atoms with Crippen LogP contribution in [0.15, 0.2) is 66.7 Å². The molecule has 4 rings (SSSR count). The van der Waals surface area contributed by atoms with Crippen LogP contribution >= 0.6 is 11.6 Å². The van der Waals surface area contributed by atoms with E-state index in [1.165, 1.54) is 11.1 Å². The molecule has 0 unspecified atom stereocenters. The Kier molecular flexibility index (Phi) is 5.64. The number of nitrogens with zero attached hydrogens (tertiary/aromatic N) is 2. The van der Waals surface area contributed by atoms with Crippen LogP contribution in [0.3, 0.4) is 0 Å². The first-order valence-electron chi connectivity index (χ1n) is 8.47. The number of halogens is 2. The predicted molar refractivity (Wildman–Crippen MR) is 109 cm³/mol. The van der Waals surface area contributed by atoms with Gasteiger partial charge in [0.1, 0.15) is 5.82 Å². The Hall–Kier alpha value is -2.62. The SMILES string of the molecule is Cc1ccc(Nc2nc(-c3ccc(Cl)cc3)nc3ccccc23)c(C)c1.[Cl-]. The molecular formula is C22H18Cl2N3-. The molecule has 27 heavy (non-hydrogen) atoms. The Labute approximate surface area is 169 Å². The largest absolute Gasteiger partial charge is 1.00 e. The van der Waals surface area contributed by atoms with Crippen LogP contribution in [-0.4, -0.2) is 9.97 Å². The summed E-state index contributed by atoms with van der Waals surface area (Å²) >= 11 is 6.01. The molecule has 1 N–H and O–H groups in total. The molecule has 0 saturated carbocycles. The fourth-order valence-corrected chi connectivity index (χ4v) is 3.11. The van der Waals surface area contributed by atoms with Crippen LogP contribution in [0, 0.1) is 13.8 Å². The van der Waals surface area contributed by atoms with E-state index in [1.54, 1.807) is 0 Å². The molecule has 0 spiro atoms. The van der Waals surface area contributed by atoms with Crippen LogP contribution in [0.25, 0.3) is 22.3 Å². The normalized spacial score (nSPS) is 10.5. The van der Waals surface area contributed by atoms with E-state index in [9.17, 15) is 0 Å². The van der Waals surface area contributed by atoms with Crippen molar-refractivity contribution in [1.29, 1.82) is 0 Å². The molecule has 0 atom stereocenters. The van der Waals surface area contributed by atoms with Gasteiger partial charge in [-0.05, 0) is 61.9 Å². The molecule has 5 heteroatoms. The quantitative estimate of drug-likeness (QED) is 0.579. The summed E-state index contributed by atoms with van der Waals surface area (Å²) in [5.41, 5.74) is 5.30. The molecule has 4 aromatic rings. The van der Waals surface area contributed by atoms with E-state index >= 15 is 0 Å². The molecule has 0 amide bonds. The molecule has 1 heterocycles. The molecule has 136 valence electrons. The maximum Gasteiger partial charge on any atom is 0.162 e. The van der Waals surface area contributed by atoms with Crippen molar-refractivity contribution in [2.45, 2.75) is 13.8 Å². The summed E-state index contributed by atoms with van der Waals surface area (Å²) in [6, 6.07) is 22.0. The van der Waals surface area contributed by atoms with Gasteiger partial charge in [-0.3, -0.25) is 0 Å². The average Bonchev–Trinajstić information content (AvgIpc) is 2.64. The minimum Gasteiger partial charge on any atom is -1.00 e. The number of aryl methyl sites for hydroxylation is 2. The first kappa shape index (κ1) is 19.2. The van der Waals surface area contributed by atoms with E-state index in [0.717, 1.165) is 28.0 Å². The maximum atomic E-state index is 6.01. The highest BCUT2D eigenvalue weighted by Crippen LogP contribution is 2.29. The molecule has 0 radical (unpaired) electrons. The second-order valence-corrected chi connectivity index (χ2v) is 6.80. The van der Waals surface area contributed by atoms with Crippen molar-refractivity contribution < 1.29 is 12.4 Å². The zero-order valence-electron chi connectivity index (χ0n) is 15.0. The molecule has 0 aliphatic heterocycles. The molecule has 3 nitrogen and oxygen atoms in total. The number of nitrogens with one attached hydrogen (secondary N) is 1. The van der Waals surface area contributed by atoms with E-state index < -0.39 is 0 Å². The van der Waals surface area contributed by atoms with E-state index in [-0.39, 0.29) is 12.4 Å². The summed E-state index contributed by atoms with van der Waals surface area (Å²) in [6.07, 6.45) is 0. The van der Waals surface area contributed by atoms with Crippen molar-refractivity contribution in [1.82, 2.24) is 9.97 Å². The molecule has 1 aromatic heterocycles. The molecule has 0 aliphatic carbocycles. The zero-order chi connectivity index (χ0) is 18.1. The highest BCUT2D eigenvalue weighted by Gasteiger charge is 2.10. The lowest BCUT2D eigenvalue weighted by atomic mass is 10.1. The highest BCUT2D eigenvalue weighted by molar-refractivity contribution is 6.30. The summed E-state index contributed by atoms with van der Waals surface area (Å²) in [6.45, 7) is 4.19. The predicted octanol–water partition coefficient (Wildman–Crippen LogP) is 3.31. The molecular weight excluding hydrogens is 377 g/mol. The second-order valence-electron chi connectivity index (χ2n) is 6.36. The van der Waals surface area contributed by atoms with E-state index in [1.807, 2.05) is 48.5 Å². The molecule has 0 bridgehead atoms. The van der Waals surface area contributed by atoms with Crippen LogP contribution in [0.1, 0.15) is 11.1 Å². The number of hydrogen-bond donors (Lipinski definition) is 1. The lowest BCUT2D eigenvalue weighted by molar-refractivity contribution is -0.00000527. The minimum absolute atomic E-state index is 0. The molecule has 0 saturated heterocycles. The fourth-order valence-electron chi connectivity index (χ4n) is 2.98. The van der Waals surface area contributed by atoms with Crippen molar-refractivity contribution in [3.8, 4) is 11.4 Å². The van der Waals surface area contributed by atoms with Crippen LogP contribution < -0.4 is 17.7 Å². The van der Waals surface area contributed by atoms with Crippen molar-refractivity contribution in [3.05, 3.63) is 82.9 Å². The van der Waals surface area contributed by atoms with Gasteiger partial charge in [0.15, 0.2) is 5.82 Å². The first-order chi connectivity index (χ1) is 12.6. The van der Waals surface area contributed by atoms with E-state index in [2.05, 4.69) is 37.4 Å². The van der Waals surface area contributed by atoms with Gasteiger partial charge < -0.3 is 17.7 Å². The number of anilines is 2. The molecule has 3 aromatic carbocycles. The smallest absolute Gasteiger partial charge is 0.162 e. The van der Waals surface area contributed by atoms with Crippen LogP contribution in [0.4, 0.5) is 11.5 Å². The third-order valence-corrected chi connectivity index (χ3v) is 4.59. The Morgan fingerprint density at radius 2 is 1.59 bits per heavy atom. The topological polar surface area (TPSA) is 37.8 Å². The fraction of sp³-hybridized carbons (Fsp3) is 0.0909. The lowest BCUT2D eigenvalue weighted by Gasteiger charge is -2.13. The summed E-state index contributed by atoms with van der Waals surface area (Å²) in [5.74, 6) is 1.47. The van der Waals surface area contributed by atoms with E-state index in [4.69, 9.17) is 21.6 Å². The van der Waals surface area contributed by atoms with Gasteiger partial charge in [-0.2, -0.15) is 0 Å². The number of benzene rings is 3. The number of hydrogen-bond acceptors (Lipinski definition) is 3. The van der Waals surface area contributed by atoms with Gasteiger partial charge in [0.05, 0.1) is 5.52 Å². The summed E-state index contributed by atoms with van der Waals surface area (Å²) in [7, 11) is 0. The summed E-state index contributed by atoms with van der Waals surface area (Å²) < 4.78 is 0. The van der Waals surface area contributed by atoms with Crippen LogP contribution in [0.2, 0.25) is 5.02 Å². The molecule has 0 fully saturated rings. The number of aromatic nitrogens is 2. The van der Waals surface area contributed by atoms with Crippen molar-refractivity contribution in [2.24, 2.45) is 0 Å². The standard InChI is InChI=1S/C22H18ClN3.ClH/c1-14-7-12-19(15(2)13-14)24-22-18-5-3-4-6-20(18)25-21(26-22)16-8-10-17(23)11-9-16;/h3-13H,1-2H3,(H,24,25,26);1H/p-1. The third kappa shape index (κ3) is 4.05. The van der Waals surface area contributed by atoms with Gasteiger partial charge in [0.2, 0.25) is 0 Å². The third-order valence-electron chi connectivity index (χ3n) is 4.34. The van der Waals surface area contributed by atoms with Gasteiger partial charge in [-0.1, -0.05) is 41.4 Å². The Balaban J connectivity index is 0.00000210. The van der Waals surface area contributed by atoms with Gasteiger partial charge >= 0.3 is 0 Å². The van der Waals surface area contributed by atoms with Gasteiger partial charge in [-0.15, -0.1) is 0 Å². The average molecular weight is 395 g/mol. The number of rotatable bonds is 3. The van der Waals surface area contributed by atoms with Gasteiger partial charge in [-0.25, -0.2) is 9.97 Å². The van der Waals surface area contributed by atoms with Gasteiger partial charge in [0.25, 0.3) is 0 Å². The Bertz CT molecular complexity index is 1090. The summed E-state index contributed by atoms with van der Waals surface area (Å²) in [5, 5.41) is 5.18.